The molecule has 1 aliphatic rings. The van der Waals surface area contributed by atoms with Crippen molar-refractivity contribution < 1.29 is 4.92 Å². The molecule has 2 unspecified atom stereocenters. The molecular formula is C15H22N2O2. The summed E-state index contributed by atoms with van der Waals surface area (Å²) in [6, 6.07) is 5.02. The van der Waals surface area contributed by atoms with Gasteiger partial charge in [0.1, 0.15) is 0 Å². The summed E-state index contributed by atoms with van der Waals surface area (Å²) in [4.78, 5) is 10.3. The third-order valence-electron chi connectivity index (χ3n) is 4.05. The minimum Gasteiger partial charge on any atom is -0.385 e. The number of non-ortho nitro benzene ring substituents is 1. The van der Waals surface area contributed by atoms with Gasteiger partial charge in [-0.25, -0.2) is 0 Å². The van der Waals surface area contributed by atoms with Gasteiger partial charge in [0.15, 0.2) is 0 Å². The van der Waals surface area contributed by atoms with Crippen LogP contribution >= 0.6 is 0 Å². The van der Waals surface area contributed by atoms with Crippen molar-refractivity contribution in [3.05, 3.63) is 33.9 Å². The van der Waals surface area contributed by atoms with E-state index in [-0.39, 0.29) is 10.6 Å². The van der Waals surface area contributed by atoms with Crippen molar-refractivity contribution in [3.8, 4) is 0 Å². The maximum absolute atomic E-state index is 10.7. The zero-order chi connectivity index (χ0) is 13.8. The first-order valence-corrected chi connectivity index (χ1v) is 7.05. The number of nitro benzene ring substituents is 1. The Labute approximate surface area is 114 Å². The van der Waals surface area contributed by atoms with Crippen LogP contribution in [0.1, 0.15) is 38.2 Å². The Morgan fingerprint density at radius 3 is 2.84 bits per heavy atom. The van der Waals surface area contributed by atoms with Crippen LogP contribution in [0.15, 0.2) is 18.2 Å². The molecule has 1 saturated carbocycles. The van der Waals surface area contributed by atoms with Gasteiger partial charge in [-0.05, 0) is 43.2 Å². The molecule has 4 nitrogen and oxygen atoms in total. The van der Waals surface area contributed by atoms with Gasteiger partial charge in [0.05, 0.1) is 4.92 Å². The first kappa shape index (κ1) is 13.8. The molecular weight excluding hydrogens is 240 g/mol. The third-order valence-corrected chi connectivity index (χ3v) is 4.05. The van der Waals surface area contributed by atoms with Gasteiger partial charge in [-0.1, -0.05) is 19.8 Å². The molecule has 0 heterocycles. The van der Waals surface area contributed by atoms with E-state index in [4.69, 9.17) is 0 Å². The second kappa shape index (κ2) is 6.04. The van der Waals surface area contributed by atoms with Crippen molar-refractivity contribution in [2.24, 2.45) is 11.8 Å². The molecule has 19 heavy (non-hydrogen) atoms. The molecule has 4 heteroatoms. The Morgan fingerprint density at radius 2 is 2.21 bits per heavy atom. The summed E-state index contributed by atoms with van der Waals surface area (Å²) in [5.74, 6) is 1.57. The van der Waals surface area contributed by atoms with Crippen molar-refractivity contribution in [2.75, 3.05) is 11.9 Å². The number of nitro groups is 1. The Bertz CT molecular complexity index is 459. The summed E-state index contributed by atoms with van der Waals surface area (Å²) in [5.41, 5.74) is 2.12. The summed E-state index contributed by atoms with van der Waals surface area (Å²) < 4.78 is 0. The largest absolute Gasteiger partial charge is 0.385 e. The summed E-state index contributed by atoms with van der Waals surface area (Å²) in [6.45, 7) is 5.21. The van der Waals surface area contributed by atoms with E-state index >= 15 is 0 Å². The molecule has 0 spiro atoms. The van der Waals surface area contributed by atoms with Crippen LogP contribution in [0.5, 0.6) is 0 Å². The molecule has 2 atom stereocenters. The van der Waals surface area contributed by atoms with Crippen molar-refractivity contribution in [1.82, 2.24) is 0 Å². The van der Waals surface area contributed by atoms with E-state index in [1.165, 1.54) is 25.7 Å². The first-order valence-electron chi connectivity index (χ1n) is 7.05. The average Bonchev–Trinajstić information content (AvgIpc) is 2.37. The quantitative estimate of drug-likeness (QED) is 0.655. The normalized spacial score (nSPS) is 23.1. The number of hydrogen-bond donors (Lipinski definition) is 1. The van der Waals surface area contributed by atoms with Crippen LogP contribution < -0.4 is 5.32 Å². The fraction of sp³-hybridized carbons (Fsp3) is 0.600. The lowest BCUT2D eigenvalue weighted by Gasteiger charge is -2.27. The number of aryl methyl sites for hydroxylation is 1. The molecule has 1 N–H and O–H groups in total. The molecule has 0 amide bonds. The van der Waals surface area contributed by atoms with E-state index < -0.39 is 0 Å². The number of rotatable bonds is 4. The fourth-order valence-electron chi connectivity index (χ4n) is 2.96. The molecule has 1 fully saturated rings. The van der Waals surface area contributed by atoms with Gasteiger partial charge >= 0.3 is 0 Å². The van der Waals surface area contributed by atoms with Crippen molar-refractivity contribution in [1.29, 1.82) is 0 Å². The van der Waals surface area contributed by atoms with Gasteiger partial charge in [0.2, 0.25) is 0 Å². The SMILES string of the molecule is Cc1cc([N+](=O)[O-])ccc1NCC1CCCC(C)C1. The molecule has 0 aromatic heterocycles. The van der Waals surface area contributed by atoms with Crippen LogP contribution in [0.3, 0.4) is 0 Å². The molecule has 0 radical (unpaired) electrons. The number of benzene rings is 1. The van der Waals surface area contributed by atoms with Gasteiger partial charge < -0.3 is 5.32 Å². The van der Waals surface area contributed by atoms with Crippen molar-refractivity contribution in [3.63, 3.8) is 0 Å². The second-order valence-corrected chi connectivity index (χ2v) is 5.78. The van der Waals surface area contributed by atoms with E-state index in [1.807, 2.05) is 13.0 Å². The third kappa shape index (κ3) is 3.69. The zero-order valence-electron chi connectivity index (χ0n) is 11.7. The highest BCUT2D eigenvalue weighted by molar-refractivity contribution is 5.55. The van der Waals surface area contributed by atoms with Crippen LogP contribution in [0, 0.1) is 28.9 Å². The second-order valence-electron chi connectivity index (χ2n) is 5.78. The number of nitrogens with one attached hydrogen (secondary N) is 1. The van der Waals surface area contributed by atoms with E-state index in [1.54, 1.807) is 12.1 Å². The Balaban J connectivity index is 1.94. The van der Waals surface area contributed by atoms with Gasteiger partial charge in [0, 0.05) is 24.4 Å². The van der Waals surface area contributed by atoms with Gasteiger partial charge in [-0.2, -0.15) is 0 Å². The standard InChI is InChI=1S/C15H22N2O2/c1-11-4-3-5-13(8-11)10-16-15-7-6-14(17(18)19)9-12(15)2/h6-7,9,11,13,16H,3-5,8,10H2,1-2H3. The van der Waals surface area contributed by atoms with E-state index in [0.717, 1.165) is 29.6 Å². The minimum absolute atomic E-state index is 0.161. The first-order chi connectivity index (χ1) is 9.06. The molecule has 1 aliphatic carbocycles. The predicted molar refractivity (Wildman–Crippen MR) is 77.4 cm³/mol. The maximum Gasteiger partial charge on any atom is 0.269 e. The van der Waals surface area contributed by atoms with Gasteiger partial charge in [-0.3, -0.25) is 10.1 Å². The molecule has 0 bridgehead atoms. The molecule has 104 valence electrons. The average molecular weight is 262 g/mol. The van der Waals surface area contributed by atoms with Crippen LogP contribution in [0.2, 0.25) is 0 Å². The molecule has 0 aliphatic heterocycles. The van der Waals surface area contributed by atoms with E-state index in [0.29, 0.717) is 0 Å². The summed E-state index contributed by atoms with van der Waals surface area (Å²) >= 11 is 0. The highest BCUT2D eigenvalue weighted by atomic mass is 16.6. The summed E-state index contributed by atoms with van der Waals surface area (Å²) in [5, 5.41) is 14.1. The number of nitrogens with zero attached hydrogens (tertiary/aromatic N) is 1. The van der Waals surface area contributed by atoms with Crippen LogP contribution in [-0.4, -0.2) is 11.5 Å². The van der Waals surface area contributed by atoms with Crippen molar-refractivity contribution in [2.45, 2.75) is 39.5 Å². The molecule has 0 saturated heterocycles. The summed E-state index contributed by atoms with van der Waals surface area (Å²) in [7, 11) is 0. The Morgan fingerprint density at radius 1 is 1.42 bits per heavy atom. The van der Waals surface area contributed by atoms with Crippen molar-refractivity contribution >= 4 is 11.4 Å². The highest BCUT2D eigenvalue weighted by Gasteiger charge is 2.18. The van der Waals surface area contributed by atoms with Crippen LogP contribution in [0.25, 0.3) is 0 Å². The van der Waals surface area contributed by atoms with Gasteiger partial charge in [0.25, 0.3) is 5.69 Å². The molecule has 2 rings (SSSR count). The summed E-state index contributed by atoms with van der Waals surface area (Å²) in [6.07, 6.45) is 5.27. The lowest BCUT2D eigenvalue weighted by atomic mass is 9.82. The zero-order valence-corrected chi connectivity index (χ0v) is 11.7. The predicted octanol–water partition coefficient (Wildman–Crippen LogP) is 4.14. The van der Waals surface area contributed by atoms with Crippen LogP contribution in [-0.2, 0) is 0 Å². The monoisotopic (exact) mass is 262 g/mol. The molecule has 1 aromatic rings. The minimum atomic E-state index is -0.348. The Kier molecular flexibility index (Phi) is 4.40. The van der Waals surface area contributed by atoms with Gasteiger partial charge in [-0.15, -0.1) is 0 Å². The fourth-order valence-corrected chi connectivity index (χ4v) is 2.96. The lowest BCUT2D eigenvalue weighted by molar-refractivity contribution is -0.384. The van der Waals surface area contributed by atoms with E-state index in [9.17, 15) is 10.1 Å². The number of anilines is 1. The highest BCUT2D eigenvalue weighted by Crippen LogP contribution is 2.29. The maximum atomic E-state index is 10.7. The number of hydrogen-bond acceptors (Lipinski definition) is 3. The topological polar surface area (TPSA) is 55.2 Å². The Hall–Kier alpha value is -1.58. The van der Waals surface area contributed by atoms with E-state index in [2.05, 4.69) is 12.2 Å². The smallest absolute Gasteiger partial charge is 0.269 e. The lowest BCUT2D eigenvalue weighted by Crippen LogP contribution is -2.21. The van der Waals surface area contributed by atoms with Crippen LogP contribution in [0.4, 0.5) is 11.4 Å². The molecule has 1 aromatic carbocycles.